The zero-order valence-electron chi connectivity index (χ0n) is 14.7. The van der Waals surface area contributed by atoms with Crippen LogP contribution in [0.1, 0.15) is 11.1 Å². The number of nitrogens with two attached hydrogens (primary N) is 1. The summed E-state index contributed by atoms with van der Waals surface area (Å²) in [7, 11) is 0. The van der Waals surface area contributed by atoms with Crippen LogP contribution in [0.5, 0.6) is 0 Å². The lowest BCUT2D eigenvalue weighted by molar-refractivity contribution is -0.128. The molecule has 2 rings (SSSR count). The van der Waals surface area contributed by atoms with Gasteiger partial charge in [0.1, 0.15) is 19.2 Å². The second-order valence-corrected chi connectivity index (χ2v) is 5.73. The normalized spacial score (nSPS) is 11.1. The average Bonchev–Trinajstić information content (AvgIpc) is 2.71. The summed E-state index contributed by atoms with van der Waals surface area (Å²) >= 11 is 0. The number of hydrogen-bond acceptors (Lipinski definition) is 5. The van der Waals surface area contributed by atoms with Crippen molar-refractivity contribution >= 4 is 17.9 Å². The SMILES string of the molecule is NNC(=O)[C@@H](Cc1ccccc1)NC(=O)CNC(=O)OCc1ccccc1. The van der Waals surface area contributed by atoms with E-state index in [1.807, 2.05) is 66.1 Å². The van der Waals surface area contributed by atoms with Gasteiger partial charge in [-0.2, -0.15) is 0 Å². The number of rotatable bonds is 8. The molecule has 0 fully saturated rings. The van der Waals surface area contributed by atoms with E-state index in [9.17, 15) is 14.4 Å². The molecule has 0 unspecified atom stereocenters. The Morgan fingerprint density at radius 1 is 0.926 bits per heavy atom. The Labute approximate surface area is 157 Å². The third-order valence-corrected chi connectivity index (χ3v) is 3.68. The zero-order chi connectivity index (χ0) is 19.5. The summed E-state index contributed by atoms with van der Waals surface area (Å²) in [5.74, 6) is 4.12. The van der Waals surface area contributed by atoms with Crippen molar-refractivity contribution in [2.24, 2.45) is 5.84 Å². The van der Waals surface area contributed by atoms with Gasteiger partial charge in [-0.05, 0) is 11.1 Å². The highest BCUT2D eigenvalue weighted by molar-refractivity contribution is 5.89. The average molecular weight is 370 g/mol. The summed E-state index contributed by atoms with van der Waals surface area (Å²) in [4.78, 5) is 35.6. The molecule has 0 aliphatic carbocycles. The largest absolute Gasteiger partial charge is 0.445 e. The molecule has 0 saturated heterocycles. The number of nitrogens with one attached hydrogen (secondary N) is 3. The number of ether oxygens (including phenoxy) is 1. The van der Waals surface area contributed by atoms with Crippen LogP contribution in [0.3, 0.4) is 0 Å². The van der Waals surface area contributed by atoms with Crippen molar-refractivity contribution in [2.75, 3.05) is 6.54 Å². The Balaban J connectivity index is 1.79. The van der Waals surface area contributed by atoms with E-state index in [0.29, 0.717) is 0 Å². The first-order valence-electron chi connectivity index (χ1n) is 8.37. The smallest absolute Gasteiger partial charge is 0.407 e. The van der Waals surface area contributed by atoms with E-state index >= 15 is 0 Å². The van der Waals surface area contributed by atoms with Crippen molar-refractivity contribution in [3.8, 4) is 0 Å². The van der Waals surface area contributed by atoms with E-state index in [1.54, 1.807) is 0 Å². The first-order valence-corrected chi connectivity index (χ1v) is 8.37. The van der Waals surface area contributed by atoms with Gasteiger partial charge < -0.3 is 15.4 Å². The van der Waals surface area contributed by atoms with Gasteiger partial charge in [0, 0.05) is 6.42 Å². The minimum atomic E-state index is -0.855. The molecule has 2 aromatic rings. The van der Waals surface area contributed by atoms with Crippen molar-refractivity contribution in [3.63, 3.8) is 0 Å². The zero-order valence-corrected chi connectivity index (χ0v) is 14.7. The summed E-state index contributed by atoms with van der Waals surface area (Å²) in [5.41, 5.74) is 3.72. The van der Waals surface area contributed by atoms with E-state index in [1.165, 1.54) is 0 Å². The minimum absolute atomic E-state index is 0.0977. The quantitative estimate of drug-likeness (QED) is 0.308. The maximum Gasteiger partial charge on any atom is 0.407 e. The number of amides is 3. The Kier molecular flexibility index (Phi) is 7.80. The Bertz CT molecular complexity index is 753. The van der Waals surface area contributed by atoms with Crippen LogP contribution in [0.15, 0.2) is 60.7 Å². The summed E-state index contributed by atoms with van der Waals surface area (Å²) in [6.45, 7) is -0.225. The lowest BCUT2D eigenvalue weighted by Crippen LogP contribution is -2.52. The summed E-state index contributed by atoms with van der Waals surface area (Å²) in [6.07, 6.45) is -0.453. The van der Waals surface area contributed by atoms with E-state index in [4.69, 9.17) is 10.6 Å². The molecule has 0 aliphatic heterocycles. The number of benzene rings is 2. The van der Waals surface area contributed by atoms with Crippen LogP contribution in [-0.2, 0) is 27.4 Å². The Hall–Kier alpha value is -3.39. The summed E-state index contributed by atoms with van der Waals surface area (Å²) in [6, 6.07) is 17.5. The molecule has 1 atom stereocenters. The van der Waals surface area contributed by atoms with Gasteiger partial charge in [0.25, 0.3) is 5.91 Å². The fourth-order valence-corrected chi connectivity index (χ4v) is 2.33. The van der Waals surface area contributed by atoms with Gasteiger partial charge in [0.15, 0.2) is 0 Å². The second kappa shape index (κ2) is 10.6. The predicted molar refractivity (Wildman–Crippen MR) is 99.0 cm³/mol. The van der Waals surface area contributed by atoms with Gasteiger partial charge in [-0.1, -0.05) is 60.7 Å². The van der Waals surface area contributed by atoms with E-state index in [0.717, 1.165) is 11.1 Å². The maximum absolute atomic E-state index is 12.0. The molecular weight excluding hydrogens is 348 g/mol. The molecule has 0 aliphatic rings. The lowest BCUT2D eigenvalue weighted by Gasteiger charge is -2.17. The Morgan fingerprint density at radius 3 is 2.11 bits per heavy atom. The van der Waals surface area contributed by atoms with Crippen LogP contribution in [0.25, 0.3) is 0 Å². The molecule has 5 N–H and O–H groups in total. The van der Waals surface area contributed by atoms with Gasteiger partial charge in [-0.3, -0.25) is 15.0 Å². The first-order chi connectivity index (χ1) is 13.1. The number of carbonyl (C=O) groups is 3. The fourth-order valence-electron chi connectivity index (χ4n) is 2.33. The van der Waals surface area contributed by atoms with E-state index in [-0.39, 0.29) is 19.6 Å². The Morgan fingerprint density at radius 2 is 1.52 bits per heavy atom. The van der Waals surface area contributed by atoms with Crippen molar-refractivity contribution in [2.45, 2.75) is 19.1 Å². The number of alkyl carbamates (subject to hydrolysis) is 1. The highest BCUT2D eigenvalue weighted by atomic mass is 16.5. The van der Waals surface area contributed by atoms with Crippen molar-refractivity contribution in [1.29, 1.82) is 0 Å². The summed E-state index contributed by atoms with van der Waals surface area (Å²) < 4.78 is 5.02. The van der Waals surface area contributed by atoms with Gasteiger partial charge in [-0.25, -0.2) is 10.6 Å². The van der Waals surface area contributed by atoms with Crippen LogP contribution in [-0.4, -0.2) is 30.5 Å². The van der Waals surface area contributed by atoms with Crippen molar-refractivity contribution in [3.05, 3.63) is 71.8 Å². The fraction of sp³-hybridized carbons (Fsp3) is 0.211. The first kappa shape index (κ1) is 19.9. The molecule has 0 radical (unpaired) electrons. The van der Waals surface area contributed by atoms with Gasteiger partial charge >= 0.3 is 6.09 Å². The molecule has 0 aromatic heterocycles. The van der Waals surface area contributed by atoms with Crippen LogP contribution in [0, 0.1) is 0 Å². The van der Waals surface area contributed by atoms with Crippen LogP contribution in [0.2, 0.25) is 0 Å². The number of hydrogen-bond donors (Lipinski definition) is 4. The van der Waals surface area contributed by atoms with E-state index in [2.05, 4.69) is 10.6 Å². The molecular formula is C19H22N4O4. The molecule has 0 bridgehead atoms. The van der Waals surface area contributed by atoms with Crippen LogP contribution >= 0.6 is 0 Å². The monoisotopic (exact) mass is 370 g/mol. The molecule has 8 nitrogen and oxygen atoms in total. The second-order valence-electron chi connectivity index (χ2n) is 5.73. The molecule has 0 spiro atoms. The molecule has 2 aromatic carbocycles. The molecule has 142 valence electrons. The third-order valence-electron chi connectivity index (χ3n) is 3.68. The molecule has 3 amide bonds. The van der Waals surface area contributed by atoms with Crippen LogP contribution < -0.4 is 21.9 Å². The van der Waals surface area contributed by atoms with Gasteiger partial charge in [0.2, 0.25) is 5.91 Å². The molecule has 27 heavy (non-hydrogen) atoms. The standard InChI is InChI=1S/C19H22N4O4/c20-23-18(25)16(11-14-7-3-1-4-8-14)22-17(24)12-21-19(26)27-13-15-9-5-2-6-10-15/h1-10,16H,11-13,20H2,(H,21,26)(H,22,24)(H,23,25)/t16-/m1/s1. The van der Waals surface area contributed by atoms with Crippen LogP contribution in [0.4, 0.5) is 4.79 Å². The van der Waals surface area contributed by atoms with E-state index < -0.39 is 23.9 Å². The molecule has 0 heterocycles. The maximum atomic E-state index is 12.0. The predicted octanol–water partition coefficient (Wildman–Crippen LogP) is 0.630. The highest BCUT2D eigenvalue weighted by Crippen LogP contribution is 2.03. The minimum Gasteiger partial charge on any atom is -0.445 e. The van der Waals surface area contributed by atoms with Crippen molar-refractivity contribution < 1.29 is 19.1 Å². The summed E-state index contributed by atoms with van der Waals surface area (Å²) in [5, 5.41) is 4.89. The third kappa shape index (κ3) is 7.17. The highest BCUT2D eigenvalue weighted by Gasteiger charge is 2.20. The lowest BCUT2D eigenvalue weighted by atomic mass is 10.1. The van der Waals surface area contributed by atoms with Gasteiger partial charge in [0.05, 0.1) is 0 Å². The molecule has 8 heteroatoms. The molecule has 0 saturated carbocycles. The van der Waals surface area contributed by atoms with Gasteiger partial charge in [-0.15, -0.1) is 0 Å². The number of hydrazine groups is 1. The number of carbonyl (C=O) groups excluding carboxylic acids is 3. The topological polar surface area (TPSA) is 123 Å². The van der Waals surface area contributed by atoms with Crippen molar-refractivity contribution in [1.82, 2.24) is 16.1 Å².